The molecule has 2 rings (SSSR count). The molecule has 0 saturated heterocycles. The van der Waals surface area contributed by atoms with Crippen molar-refractivity contribution in [2.45, 2.75) is 50.9 Å². The summed E-state index contributed by atoms with van der Waals surface area (Å²) in [5.74, 6) is -0.153. The summed E-state index contributed by atoms with van der Waals surface area (Å²) in [4.78, 5) is 14.7. The van der Waals surface area contributed by atoms with Gasteiger partial charge in [0.15, 0.2) is 0 Å². The summed E-state index contributed by atoms with van der Waals surface area (Å²) in [6.45, 7) is 2.87. The lowest BCUT2D eigenvalue weighted by atomic mass is 9.77. The molecule has 3 heteroatoms. The zero-order valence-corrected chi connectivity index (χ0v) is 12.5. The Morgan fingerprint density at radius 3 is 2.55 bits per heavy atom. The van der Waals surface area contributed by atoms with Crippen molar-refractivity contribution in [1.29, 1.82) is 0 Å². The maximum atomic E-state index is 14.2. The largest absolute Gasteiger partial charge is 0.345 e. The summed E-state index contributed by atoms with van der Waals surface area (Å²) in [6.07, 6.45) is 5.59. The van der Waals surface area contributed by atoms with Crippen molar-refractivity contribution in [2.75, 3.05) is 13.6 Å². The van der Waals surface area contributed by atoms with Crippen LogP contribution in [0.5, 0.6) is 0 Å². The van der Waals surface area contributed by atoms with Crippen molar-refractivity contribution in [2.24, 2.45) is 0 Å². The molecule has 1 amide bonds. The molecule has 0 radical (unpaired) electrons. The number of amides is 1. The fraction of sp³-hybridized carbons (Fsp3) is 0.588. The predicted molar refractivity (Wildman–Crippen MR) is 79.1 cm³/mol. The molecule has 110 valence electrons. The van der Waals surface area contributed by atoms with E-state index in [0.717, 1.165) is 45.1 Å². The molecule has 1 aliphatic carbocycles. The number of halogens is 1. The lowest BCUT2D eigenvalue weighted by Crippen LogP contribution is -2.44. The van der Waals surface area contributed by atoms with Crippen molar-refractivity contribution in [3.63, 3.8) is 0 Å². The van der Waals surface area contributed by atoms with Gasteiger partial charge in [-0.3, -0.25) is 4.79 Å². The highest BCUT2D eigenvalue weighted by molar-refractivity contribution is 5.88. The van der Waals surface area contributed by atoms with Gasteiger partial charge in [-0.1, -0.05) is 44.4 Å². The number of rotatable bonds is 5. The third-order valence-electron chi connectivity index (χ3n) is 4.45. The van der Waals surface area contributed by atoms with E-state index in [1.807, 2.05) is 13.1 Å². The van der Waals surface area contributed by atoms with Crippen molar-refractivity contribution in [3.8, 4) is 0 Å². The van der Waals surface area contributed by atoms with Gasteiger partial charge < -0.3 is 4.90 Å². The van der Waals surface area contributed by atoms with Crippen LogP contribution in [0.1, 0.15) is 51.0 Å². The fourth-order valence-corrected chi connectivity index (χ4v) is 3.29. The van der Waals surface area contributed by atoms with Gasteiger partial charge in [0.25, 0.3) is 0 Å². The minimum Gasteiger partial charge on any atom is -0.345 e. The zero-order chi connectivity index (χ0) is 14.6. The Morgan fingerprint density at radius 2 is 1.95 bits per heavy atom. The number of benzene rings is 1. The quantitative estimate of drug-likeness (QED) is 0.799. The van der Waals surface area contributed by atoms with Gasteiger partial charge in [-0.2, -0.15) is 0 Å². The Balaban J connectivity index is 2.31. The number of nitrogens with zero attached hydrogens (tertiary/aromatic N) is 1. The van der Waals surface area contributed by atoms with E-state index in [0.29, 0.717) is 5.56 Å². The van der Waals surface area contributed by atoms with Crippen LogP contribution in [0, 0.1) is 5.82 Å². The summed E-state index contributed by atoms with van der Waals surface area (Å²) in [6, 6.07) is 6.77. The number of unbranched alkanes of at least 4 members (excludes halogenated alkanes) is 1. The molecular formula is C17H24FNO. The van der Waals surface area contributed by atoms with Crippen molar-refractivity contribution >= 4 is 5.91 Å². The normalized spacial score (nSPS) is 17.1. The molecule has 0 unspecified atom stereocenters. The number of hydrogen-bond donors (Lipinski definition) is 0. The number of carbonyl (C=O) groups is 1. The predicted octanol–water partition coefficient (Wildman–Crippen LogP) is 3.90. The van der Waals surface area contributed by atoms with Crippen LogP contribution in [0.25, 0.3) is 0 Å². The van der Waals surface area contributed by atoms with Crippen LogP contribution in [-0.4, -0.2) is 24.4 Å². The second kappa shape index (κ2) is 6.38. The fourth-order valence-electron chi connectivity index (χ4n) is 3.29. The van der Waals surface area contributed by atoms with Crippen LogP contribution < -0.4 is 0 Å². The van der Waals surface area contributed by atoms with Gasteiger partial charge in [-0.25, -0.2) is 4.39 Å². The van der Waals surface area contributed by atoms with E-state index in [1.54, 1.807) is 17.0 Å². The Morgan fingerprint density at radius 1 is 1.30 bits per heavy atom. The van der Waals surface area contributed by atoms with E-state index in [2.05, 4.69) is 6.92 Å². The average molecular weight is 277 g/mol. The zero-order valence-electron chi connectivity index (χ0n) is 12.5. The first-order valence-corrected chi connectivity index (χ1v) is 7.62. The molecule has 20 heavy (non-hydrogen) atoms. The van der Waals surface area contributed by atoms with Gasteiger partial charge in [-0.05, 0) is 25.3 Å². The lowest BCUT2D eigenvalue weighted by molar-refractivity contribution is -0.136. The van der Waals surface area contributed by atoms with Crippen LogP contribution in [0.4, 0.5) is 4.39 Å². The van der Waals surface area contributed by atoms with Crippen molar-refractivity contribution in [3.05, 3.63) is 35.6 Å². The van der Waals surface area contributed by atoms with Gasteiger partial charge in [0.1, 0.15) is 5.82 Å². The van der Waals surface area contributed by atoms with Gasteiger partial charge in [0, 0.05) is 19.2 Å². The van der Waals surface area contributed by atoms with Crippen LogP contribution in [-0.2, 0) is 10.2 Å². The standard InChI is InChI=1S/C17H24FNO/c1-3-4-13-19(2)16(20)17(11-7-8-12-17)14-9-5-6-10-15(14)18/h5-6,9-10H,3-4,7-8,11-13H2,1-2H3. The molecule has 0 N–H and O–H groups in total. The lowest BCUT2D eigenvalue weighted by Gasteiger charge is -2.33. The van der Waals surface area contributed by atoms with Gasteiger partial charge in [0.2, 0.25) is 5.91 Å². The summed E-state index contributed by atoms with van der Waals surface area (Å²) < 4.78 is 14.2. The summed E-state index contributed by atoms with van der Waals surface area (Å²) >= 11 is 0. The molecular weight excluding hydrogens is 253 g/mol. The Hall–Kier alpha value is -1.38. The van der Waals surface area contributed by atoms with Gasteiger partial charge >= 0.3 is 0 Å². The molecule has 0 bridgehead atoms. The Labute approximate surface area is 121 Å². The Kier molecular flexibility index (Phi) is 4.79. The molecule has 1 saturated carbocycles. The first-order valence-electron chi connectivity index (χ1n) is 7.62. The minimum absolute atomic E-state index is 0.0913. The average Bonchev–Trinajstić information content (AvgIpc) is 2.95. The van der Waals surface area contributed by atoms with E-state index in [-0.39, 0.29) is 11.7 Å². The highest BCUT2D eigenvalue weighted by Crippen LogP contribution is 2.43. The molecule has 1 aromatic carbocycles. The third kappa shape index (κ3) is 2.72. The van der Waals surface area contributed by atoms with E-state index in [4.69, 9.17) is 0 Å². The van der Waals surface area contributed by atoms with E-state index >= 15 is 0 Å². The molecule has 0 atom stereocenters. The third-order valence-corrected chi connectivity index (χ3v) is 4.45. The number of likely N-dealkylation sites (N-methyl/N-ethyl adjacent to an activating group) is 1. The van der Waals surface area contributed by atoms with E-state index in [1.165, 1.54) is 6.07 Å². The van der Waals surface area contributed by atoms with Crippen LogP contribution in [0.3, 0.4) is 0 Å². The maximum absolute atomic E-state index is 14.2. The van der Waals surface area contributed by atoms with Crippen LogP contribution in [0.15, 0.2) is 24.3 Å². The molecule has 0 aromatic heterocycles. The second-order valence-corrected chi connectivity index (χ2v) is 5.85. The number of carbonyl (C=O) groups excluding carboxylic acids is 1. The highest BCUT2D eigenvalue weighted by Gasteiger charge is 2.45. The Bertz CT molecular complexity index is 466. The van der Waals surface area contributed by atoms with Gasteiger partial charge in [0.05, 0.1) is 5.41 Å². The maximum Gasteiger partial charge on any atom is 0.233 e. The summed E-state index contributed by atoms with van der Waals surface area (Å²) in [5.41, 5.74) is -0.0424. The van der Waals surface area contributed by atoms with E-state index in [9.17, 15) is 9.18 Å². The second-order valence-electron chi connectivity index (χ2n) is 5.85. The van der Waals surface area contributed by atoms with Crippen LogP contribution in [0.2, 0.25) is 0 Å². The van der Waals surface area contributed by atoms with Crippen molar-refractivity contribution in [1.82, 2.24) is 4.90 Å². The van der Waals surface area contributed by atoms with Crippen molar-refractivity contribution < 1.29 is 9.18 Å². The molecule has 1 aromatic rings. The first kappa shape index (κ1) is 15.0. The molecule has 2 nitrogen and oxygen atoms in total. The molecule has 0 heterocycles. The monoisotopic (exact) mass is 277 g/mol. The topological polar surface area (TPSA) is 20.3 Å². The molecule has 1 fully saturated rings. The first-order chi connectivity index (χ1) is 9.62. The molecule has 1 aliphatic rings. The minimum atomic E-state index is -0.631. The smallest absolute Gasteiger partial charge is 0.233 e. The van der Waals surface area contributed by atoms with Gasteiger partial charge in [-0.15, -0.1) is 0 Å². The molecule has 0 aliphatic heterocycles. The highest BCUT2D eigenvalue weighted by atomic mass is 19.1. The number of hydrogen-bond acceptors (Lipinski definition) is 1. The van der Waals surface area contributed by atoms with Crippen LogP contribution >= 0.6 is 0 Å². The summed E-state index contributed by atoms with van der Waals surface area (Å²) in [5, 5.41) is 0. The molecule has 0 spiro atoms. The summed E-state index contributed by atoms with van der Waals surface area (Å²) in [7, 11) is 1.85. The SMILES string of the molecule is CCCCN(C)C(=O)C1(c2ccccc2F)CCCC1. The van der Waals surface area contributed by atoms with E-state index < -0.39 is 5.41 Å².